The molecule has 0 unspecified atom stereocenters. The predicted octanol–water partition coefficient (Wildman–Crippen LogP) is 4.08. The van der Waals surface area contributed by atoms with Gasteiger partial charge in [0, 0.05) is 18.0 Å². The fourth-order valence-corrected chi connectivity index (χ4v) is 3.67. The summed E-state index contributed by atoms with van der Waals surface area (Å²) >= 11 is 0. The van der Waals surface area contributed by atoms with Gasteiger partial charge in [-0.05, 0) is 38.3 Å². The molecule has 4 rings (SSSR count). The first-order valence-electron chi connectivity index (χ1n) is 9.01. The minimum Gasteiger partial charge on any atom is -0.423 e. The lowest BCUT2D eigenvalue weighted by molar-refractivity contribution is 0.114. The average Bonchev–Trinajstić information content (AvgIpc) is 3.05. The van der Waals surface area contributed by atoms with Crippen molar-refractivity contribution in [2.45, 2.75) is 57.0 Å². The molecule has 130 valence electrons. The Balaban J connectivity index is 1.55. The van der Waals surface area contributed by atoms with E-state index in [1.807, 2.05) is 6.07 Å². The van der Waals surface area contributed by atoms with E-state index in [-0.39, 0.29) is 11.6 Å². The summed E-state index contributed by atoms with van der Waals surface area (Å²) < 4.78 is 20.4. The second kappa shape index (κ2) is 6.93. The quantitative estimate of drug-likeness (QED) is 0.839. The smallest absolute Gasteiger partial charge is 0.233 e. The molecule has 1 saturated carbocycles. The maximum atomic E-state index is 14.4. The largest absolute Gasteiger partial charge is 0.423 e. The van der Waals surface area contributed by atoms with E-state index in [2.05, 4.69) is 15.1 Å². The summed E-state index contributed by atoms with van der Waals surface area (Å²) in [5, 5.41) is 17.6. The van der Waals surface area contributed by atoms with Crippen LogP contribution in [0.25, 0.3) is 0 Å². The third kappa shape index (κ3) is 3.16. The van der Waals surface area contributed by atoms with Gasteiger partial charge in [0.2, 0.25) is 11.8 Å². The van der Waals surface area contributed by atoms with Crippen LogP contribution in [0.5, 0.6) is 0 Å². The molecule has 5 nitrogen and oxygen atoms in total. The van der Waals surface area contributed by atoms with Crippen molar-refractivity contribution in [2.24, 2.45) is 0 Å². The molecule has 0 N–H and O–H groups in total. The normalized spacial score (nSPS) is 21.7. The molecule has 1 aliphatic carbocycles. The highest BCUT2D eigenvalue weighted by atomic mass is 19.1. The lowest BCUT2D eigenvalue weighted by atomic mass is 9.85. The topological polar surface area (TPSA) is 66.0 Å². The summed E-state index contributed by atoms with van der Waals surface area (Å²) in [6.07, 6.45) is 6.59. The van der Waals surface area contributed by atoms with Crippen molar-refractivity contribution in [3.05, 3.63) is 46.9 Å². The Morgan fingerprint density at radius 1 is 1.16 bits per heavy atom. The average molecular weight is 340 g/mol. The molecule has 6 heteroatoms. The van der Waals surface area contributed by atoms with Crippen molar-refractivity contribution >= 4 is 0 Å². The van der Waals surface area contributed by atoms with Crippen LogP contribution in [0.3, 0.4) is 0 Å². The number of nitrogens with zero attached hydrogens (tertiary/aromatic N) is 4. The van der Waals surface area contributed by atoms with E-state index in [0.29, 0.717) is 23.9 Å². The molecule has 1 saturated heterocycles. The third-order valence-electron chi connectivity index (χ3n) is 5.38. The second-order valence-corrected chi connectivity index (χ2v) is 6.98. The molecule has 0 spiro atoms. The van der Waals surface area contributed by atoms with Crippen LogP contribution < -0.4 is 0 Å². The van der Waals surface area contributed by atoms with Crippen LogP contribution in [0.15, 0.2) is 22.6 Å². The van der Waals surface area contributed by atoms with Crippen LogP contribution in [0, 0.1) is 17.1 Å². The van der Waals surface area contributed by atoms with E-state index in [0.717, 1.165) is 44.5 Å². The lowest BCUT2D eigenvalue weighted by Crippen LogP contribution is -2.33. The molecule has 25 heavy (non-hydrogen) atoms. The van der Waals surface area contributed by atoms with E-state index >= 15 is 0 Å². The van der Waals surface area contributed by atoms with Crippen LogP contribution in [-0.2, 0) is 6.54 Å². The molecule has 1 aromatic carbocycles. The highest BCUT2D eigenvalue weighted by Gasteiger charge is 2.31. The maximum absolute atomic E-state index is 14.4. The molecule has 0 amide bonds. The Morgan fingerprint density at radius 3 is 2.76 bits per heavy atom. The highest BCUT2D eigenvalue weighted by Crippen LogP contribution is 2.38. The van der Waals surface area contributed by atoms with Gasteiger partial charge in [-0.3, -0.25) is 4.90 Å². The van der Waals surface area contributed by atoms with Crippen LogP contribution in [-0.4, -0.2) is 21.6 Å². The van der Waals surface area contributed by atoms with Crippen LogP contribution >= 0.6 is 0 Å². The van der Waals surface area contributed by atoms with E-state index in [1.54, 1.807) is 12.1 Å². The number of likely N-dealkylation sites (tertiary alicyclic amines) is 1. The molecule has 2 aromatic rings. The Hall–Kier alpha value is -2.26. The monoisotopic (exact) mass is 340 g/mol. The van der Waals surface area contributed by atoms with Gasteiger partial charge in [0.1, 0.15) is 11.9 Å². The van der Waals surface area contributed by atoms with Gasteiger partial charge in [0.05, 0.1) is 11.6 Å². The fourth-order valence-electron chi connectivity index (χ4n) is 3.67. The molecule has 1 aliphatic heterocycles. The van der Waals surface area contributed by atoms with Crippen LogP contribution in [0.2, 0.25) is 0 Å². The third-order valence-corrected chi connectivity index (χ3v) is 5.38. The summed E-state index contributed by atoms with van der Waals surface area (Å²) in [4.78, 5) is 2.20. The summed E-state index contributed by atoms with van der Waals surface area (Å²) in [6.45, 7) is 1.31. The van der Waals surface area contributed by atoms with Crippen LogP contribution in [0.4, 0.5) is 4.39 Å². The first kappa shape index (κ1) is 16.2. The van der Waals surface area contributed by atoms with Gasteiger partial charge >= 0.3 is 0 Å². The zero-order valence-electron chi connectivity index (χ0n) is 14.1. The SMILES string of the molecule is N#Cc1cccc(CN2CCCC[C@H]2c2nnc(C3CCC3)o2)c1F. The summed E-state index contributed by atoms with van der Waals surface area (Å²) in [7, 11) is 0. The van der Waals surface area contributed by atoms with E-state index in [9.17, 15) is 4.39 Å². The molecule has 2 aliphatic rings. The number of benzene rings is 1. The minimum absolute atomic E-state index is 0.0280. The zero-order valence-corrected chi connectivity index (χ0v) is 14.1. The van der Waals surface area contributed by atoms with Crippen molar-refractivity contribution in [3.63, 3.8) is 0 Å². The molecular formula is C19H21FN4O. The minimum atomic E-state index is -0.421. The first-order valence-corrected chi connectivity index (χ1v) is 9.01. The van der Waals surface area contributed by atoms with Gasteiger partial charge in [-0.25, -0.2) is 4.39 Å². The number of aromatic nitrogens is 2. The Labute approximate surface area is 146 Å². The van der Waals surface area contributed by atoms with Crippen molar-refractivity contribution < 1.29 is 8.81 Å². The van der Waals surface area contributed by atoms with Crippen LogP contribution in [0.1, 0.15) is 73.4 Å². The summed E-state index contributed by atoms with van der Waals surface area (Å²) in [6, 6.07) is 6.93. The molecule has 1 aromatic heterocycles. The fraction of sp³-hybridized carbons (Fsp3) is 0.526. The number of hydrogen-bond acceptors (Lipinski definition) is 5. The molecule has 0 radical (unpaired) electrons. The number of halogens is 1. The maximum Gasteiger partial charge on any atom is 0.233 e. The number of rotatable bonds is 4. The molecule has 2 fully saturated rings. The van der Waals surface area contributed by atoms with Crippen molar-refractivity contribution in [1.29, 1.82) is 5.26 Å². The van der Waals surface area contributed by atoms with Gasteiger partial charge in [-0.15, -0.1) is 10.2 Å². The second-order valence-electron chi connectivity index (χ2n) is 6.98. The van der Waals surface area contributed by atoms with Gasteiger partial charge in [-0.1, -0.05) is 25.0 Å². The molecular weight excluding hydrogens is 319 g/mol. The molecule has 1 atom stereocenters. The van der Waals surface area contributed by atoms with E-state index in [1.165, 1.54) is 12.5 Å². The standard InChI is InChI=1S/C19H21FN4O/c20-17-14(11-21)7-4-8-15(17)12-24-10-2-1-9-16(24)19-23-22-18(25-19)13-5-3-6-13/h4,7-8,13,16H,1-3,5-6,9-10,12H2/t16-/m0/s1. The van der Waals surface area contributed by atoms with Gasteiger partial charge in [0.25, 0.3) is 0 Å². The van der Waals surface area contributed by atoms with E-state index < -0.39 is 5.82 Å². The highest BCUT2D eigenvalue weighted by molar-refractivity contribution is 5.35. The summed E-state index contributed by atoms with van der Waals surface area (Å²) in [5.41, 5.74) is 0.640. The van der Waals surface area contributed by atoms with Gasteiger partial charge in [0.15, 0.2) is 0 Å². The Morgan fingerprint density at radius 2 is 2.00 bits per heavy atom. The number of hydrogen-bond donors (Lipinski definition) is 0. The van der Waals surface area contributed by atoms with Crippen molar-refractivity contribution in [1.82, 2.24) is 15.1 Å². The first-order chi connectivity index (χ1) is 12.3. The zero-order chi connectivity index (χ0) is 17.2. The number of nitriles is 1. The lowest BCUT2D eigenvalue weighted by Gasteiger charge is -2.33. The molecule has 2 heterocycles. The Bertz CT molecular complexity index is 793. The van der Waals surface area contributed by atoms with Crippen molar-refractivity contribution in [2.75, 3.05) is 6.54 Å². The number of piperidine rings is 1. The van der Waals surface area contributed by atoms with Gasteiger partial charge in [-0.2, -0.15) is 5.26 Å². The van der Waals surface area contributed by atoms with E-state index in [4.69, 9.17) is 9.68 Å². The van der Waals surface area contributed by atoms with Gasteiger partial charge < -0.3 is 4.42 Å². The predicted molar refractivity (Wildman–Crippen MR) is 89.0 cm³/mol. The Kier molecular flexibility index (Phi) is 4.50. The summed E-state index contributed by atoms with van der Waals surface area (Å²) in [5.74, 6) is 1.40. The van der Waals surface area contributed by atoms with Crippen molar-refractivity contribution in [3.8, 4) is 6.07 Å². The molecule has 0 bridgehead atoms.